The van der Waals surface area contributed by atoms with Gasteiger partial charge in [-0.15, -0.1) is 0 Å². The minimum absolute atomic E-state index is 0.140. The molecule has 0 nitrogen and oxygen atoms in total. The van der Waals surface area contributed by atoms with Crippen molar-refractivity contribution in [2.24, 2.45) is 5.92 Å². The Kier molecular flexibility index (Phi) is 4.35. The average Bonchev–Trinajstić information content (AvgIpc) is 2.52. The van der Waals surface area contributed by atoms with E-state index in [1.807, 2.05) is 43.3 Å². The van der Waals surface area contributed by atoms with Gasteiger partial charge in [-0.1, -0.05) is 72.6 Å². The molecule has 0 bridgehead atoms. The number of allylic oxidation sites excluding steroid dienone is 2. The van der Waals surface area contributed by atoms with Crippen molar-refractivity contribution in [2.45, 2.75) is 32.6 Å². The SMILES string of the molecule is Cc1ccc(-c2ccc(C3C=CC(C)CC3)c(F)c2Cl)cc1. The van der Waals surface area contributed by atoms with E-state index in [-0.39, 0.29) is 16.8 Å². The third-order valence-electron chi connectivity index (χ3n) is 4.48. The van der Waals surface area contributed by atoms with Crippen LogP contribution in [0.2, 0.25) is 5.02 Å². The van der Waals surface area contributed by atoms with Crippen molar-refractivity contribution in [3.63, 3.8) is 0 Å². The Morgan fingerprint density at radius 2 is 1.73 bits per heavy atom. The van der Waals surface area contributed by atoms with Gasteiger partial charge in [-0.05, 0) is 36.8 Å². The van der Waals surface area contributed by atoms with Gasteiger partial charge < -0.3 is 0 Å². The third kappa shape index (κ3) is 2.96. The van der Waals surface area contributed by atoms with E-state index in [9.17, 15) is 4.39 Å². The van der Waals surface area contributed by atoms with Gasteiger partial charge in [0.25, 0.3) is 0 Å². The Bertz CT molecular complexity index is 700. The van der Waals surface area contributed by atoms with E-state index < -0.39 is 0 Å². The normalized spacial score (nSPS) is 21.1. The number of aryl methyl sites for hydroxylation is 1. The molecule has 0 amide bonds. The monoisotopic (exact) mass is 314 g/mol. The average molecular weight is 315 g/mol. The highest BCUT2D eigenvalue weighted by Crippen LogP contribution is 2.38. The fourth-order valence-corrected chi connectivity index (χ4v) is 3.31. The number of hydrogen-bond acceptors (Lipinski definition) is 0. The lowest BCUT2D eigenvalue weighted by Gasteiger charge is -2.22. The molecule has 2 heteroatoms. The molecule has 0 spiro atoms. The number of hydrogen-bond donors (Lipinski definition) is 0. The van der Waals surface area contributed by atoms with Crippen LogP contribution >= 0.6 is 11.6 Å². The van der Waals surface area contributed by atoms with E-state index in [1.54, 1.807) is 0 Å². The van der Waals surface area contributed by atoms with E-state index >= 15 is 0 Å². The van der Waals surface area contributed by atoms with Crippen LogP contribution < -0.4 is 0 Å². The standard InChI is InChI=1S/C20H20ClF/c1-13-3-7-15(8-4-13)17-11-12-18(20(22)19(17)21)16-9-5-14(2)6-10-16/h3-5,7-9,11-12,14,16H,6,10H2,1-2H3. The smallest absolute Gasteiger partial charge is 0.146 e. The van der Waals surface area contributed by atoms with Crippen LogP contribution in [0.4, 0.5) is 4.39 Å². The molecule has 0 fully saturated rings. The molecule has 22 heavy (non-hydrogen) atoms. The zero-order valence-corrected chi connectivity index (χ0v) is 13.7. The molecule has 1 aliphatic carbocycles. The largest absolute Gasteiger partial charge is 0.205 e. The lowest BCUT2D eigenvalue weighted by Crippen LogP contribution is -2.07. The Hall–Kier alpha value is -1.60. The van der Waals surface area contributed by atoms with Crippen molar-refractivity contribution >= 4 is 11.6 Å². The molecule has 2 atom stereocenters. The molecule has 2 unspecified atom stereocenters. The zero-order chi connectivity index (χ0) is 15.7. The van der Waals surface area contributed by atoms with Crippen LogP contribution in [0.1, 0.15) is 36.8 Å². The summed E-state index contributed by atoms with van der Waals surface area (Å²) in [6.45, 7) is 4.22. The van der Waals surface area contributed by atoms with E-state index in [1.165, 1.54) is 5.56 Å². The number of rotatable bonds is 2. The highest BCUT2D eigenvalue weighted by molar-refractivity contribution is 6.33. The Labute approximate surface area is 136 Å². The topological polar surface area (TPSA) is 0 Å². The van der Waals surface area contributed by atoms with Crippen LogP contribution in [0.15, 0.2) is 48.6 Å². The first kappa shape index (κ1) is 15.3. The highest BCUT2D eigenvalue weighted by atomic mass is 35.5. The predicted molar refractivity (Wildman–Crippen MR) is 91.9 cm³/mol. The summed E-state index contributed by atoms with van der Waals surface area (Å²) in [5.74, 6) is 0.450. The second kappa shape index (κ2) is 6.26. The summed E-state index contributed by atoms with van der Waals surface area (Å²) in [6, 6.07) is 11.8. The van der Waals surface area contributed by atoms with Crippen molar-refractivity contribution in [2.75, 3.05) is 0 Å². The first-order valence-electron chi connectivity index (χ1n) is 7.79. The van der Waals surface area contributed by atoms with Gasteiger partial charge >= 0.3 is 0 Å². The Balaban J connectivity index is 1.98. The first-order valence-corrected chi connectivity index (χ1v) is 8.17. The van der Waals surface area contributed by atoms with Gasteiger partial charge in [-0.3, -0.25) is 0 Å². The first-order chi connectivity index (χ1) is 10.6. The summed E-state index contributed by atoms with van der Waals surface area (Å²) in [4.78, 5) is 0. The van der Waals surface area contributed by atoms with Gasteiger partial charge in [0.1, 0.15) is 5.82 Å². The summed E-state index contributed by atoms with van der Waals surface area (Å²) < 4.78 is 14.7. The maximum atomic E-state index is 14.7. The molecule has 1 aliphatic rings. The van der Waals surface area contributed by atoms with Crippen LogP contribution in [-0.2, 0) is 0 Å². The summed E-state index contributed by atoms with van der Waals surface area (Å²) in [5.41, 5.74) is 3.60. The van der Waals surface area contributed by atoms with Crippen LogP contribution in [0.5, 0.6) is 0 Å². The fraction of sp³-hybridized carbons (Fsp3) is 0.300. The lowest BCUT2D eigenvalue weighted by molar-refractivity contribution is 0.524. The van der Waals surface area contributed by atoms with Crippen molar-refractivity contribution in [1.82, 2.24) is 0 Å². The second-order valence-corrected chi connectivity index (χ2v) is 6.62. The van der Waals surface area contributed by atoms with Crippen LogP contribution in [0.3, 0.4) is 0 Å². The summed E-state index contributed by atoms with van der Waals surface area (Å²) in [5, 5.41) is 0.230. The highest BCUT2D eigenvalue weighted by Gasteiger charge is 2.21. The van der Waals surface area contributed by atoms with Crippen molar-refractivity contribution in [1.29, 1.82) is 0 Å². The zero-order valence-electron chi connectivity index (χ0n) is 12.9. The molecule has 0 radical (unpaired) electrons. The predicted octanol–water partition coefficient (Wildman–Crippen LogP) is 6.52. The van der Waals surface area contributed by atoms with E-state index in [2.05, 4.69) is 19.1 Å². The maximum absolute atomic E-state index is 14.7. The molecule has 0 aliphatic heterocycles. The molecular formula is C20H20ClF. The molecule has 0 N–H and O–H groups in total. The van der Waals surface area contributed by atoms with Gasteiger partial charge in [0.15, 0.2) is 0 Å². The molecular weight excluding hydrogens is 295 g/mol. The van der Waals surface area contributed by atoms with Crippen LogP contribution in [0, 0.1) is 18.7 Å². The Morgan fingerprint density at radius 3 is 2.36 bits per heavy atom. The van der Waals surface area contributed by atoms with Gasteiger partial charge in [0.05, 0.1) is 5.02 Å². The molecule has 0 saturated heterocycles. The van der Waals surface area contributed by atoms with Crippen molar-refractivity contribution < 1.29 is 4.39 Å². The molecule has 2 aromatic carbocycles. The van der Waals surface area contributed by atoms with Crippen molar-refractivity contribution in [3.8, 4) is 11.1 Å². The summed E-state index contributed by atoms with van der Waals surface area (Å²) in [6.07, 6.45) is 6.37. The maximum Gasteiger partial charge on any atom is 0.146 e. The van der Waals surface area contributed by atoms with Gasteiger partial charge in [0, 0.05) is 11.5 Å². The van der Waals surface area contributed by atoms with Gasteiger partial charge in [0.2, 0.25) is 0 Å². The third-order valence-corrected chi connectivity index (χ3v) is 4.85. The van der Waals surface area contributed by atoms with Crippen LogP contribution in [-0.4, -0.2) is 0 Å². The van der Waals surface area contributed by atoms with Gasteiger partial charge in [-0.25, -0.2) is 4.39 Å². The van der Waals surface area contributed by atoms with Crippen LogP contribution in [0.25, 0.3) is 11.1 Å². The van der Waals surface area contributed by atoms with Gasteiger partial charge in [-0.2, -0.15) is 0 Å². The van der Waals surface area contributed by atoms with E-state index in [0.717, 1.165) is 24.0 Å². The van der Waals surface area contributed by atoms with Crippen molar-refractivity contribution in [3.05, 3.63) is 70.5 Å². The van der Waals surface area contributed by atoms with E-state index in [0.29, 0.717) is 11.5 Å². The lowest BCUT2D eigenvalue weighted by atomic mass is 9.84. The second-order valence-electron chi connectivity index (χ2n) is 6.24. The Morgan fingerprint density at radius 1 is 1.00 bits per heavy atom. The summed E-state index contributed by atoms with van der Waals surface area (Å²) >= 11 is 6.32. The molecule has 0 saturated carbocycles. The minimum atomic E-state index is -0.274. The molecule has 2 aromatic rings. The van der Waals surface area contributed by atoms with E-state index in [4.69, 9.17) is 11.6 Å². The quantitative estimate of drug-likeness (QED) is 0.553. The fourth-order valence-electron chi connectivity index (χ4n) is 3.02. The molecule has 3 rings (SSSR count). The molecule has 114 valence electrons. The molecule has 0 aromatic heterocycles. The summed E-state index contributed by atoms with van der Waals surface area (Å²) in [7, 11) is 0. The number of halogens is 2. The molecule has 0 heterocycles. The minimum Gasteiger partial charge on any atom is -0.205 e. The number of benzene rings is 2.